The maximum Gasteiger partial charge on any atom is 0.268 e. The Balaban J connectivity index is 1.63. The number of hydrogen-bond acceptors (Lipinski definition) is 3. The van der Waals surface area contributed by atoms with Crippen LogP contribution in [0.3, 0.4) is 0 Å². The van der Waals surface area contributed by atoms with Gasteiger partial charge >= 0.3 is 0 Å². The first-order chi connectivity index (χ1) is 12.0. The van der Waals surface area contributed by atoms with Crippen LogP contribution in [0.4, 0.5) is 0 Å². The van der Waals surface area contributed by atoms with Gasteiger partial charge in [-0.15, -0.1) is 0 Å². The second kappa shape index (κ2) is 7.26. The fourth-order valence-electron chi connectivity index (χ4n) is 3.08. The number of carbonyl (C=O) groups is 3. The molecule has 1 unspecified atom stereocenters. The number of aromatic nitrogens is 1. The quantitative estimate of drug-likeness (QED) is 0.715. The molecule has 2 heterocycles. The SMILES string of the molecule is CNC(=O)C1CCCN1C(=O)CNC(=O)c1cc2cc(Br)ccc2[nH]1. The van der Waals surface area contributed by atoms with Crippen LogP contribution in [0.15, 0.2) is 28.7 Å². The fraction of sp³-hybridized carbons (Fsp3) is 0.353. The van der Waals surface area contributed by atoms with Gasteiger partial charge in [-0.1, -0.05) is 15.9 Å². The van der Waals surface area contributed by atoms with E-state index in [4.69, 9.17) is 0 Å². The van der Waals surface area contributed by atoms with Gasteiger partial charge in [-0.25, -0.2) is 0 Å². The van der Waals surface area contributed by atoms with E-state index >= 15 is 0 Å². The summed E-state index contributed by atoms with van der Waals surface area (Å²) in [7, 11) is 1.55. The molecule has 132 valence electrons. The topological polar surface area (TPSA) is 94.3 Å². The number of hydrogen-bond donors (Lipinski definition) is 3. The standard InChI is InChI=1S/C17H19BrN4O3/c1-19-17(25)14-3-2-6-22(14)15(23)9-20-16(24)13-8-10-7-11(18)4-5-12(10)21-13/h4-5,7-8,14,21H,2-3,6,9H2,1H3,(H,19,25)(H,20,24). The third-order valence-corrected chi connectivity index (χ3v) is 4.84. The number of halogens is 1. The van der Waals surface area contributed by atoms with Crippen molar-refractivity contribution in [2.45, 2.75) is 18.9 Å². The van der Waals surface area contributed by atoms with E-state index in [1.807, 2.05) is 18.2 Å². The molecule has 0 bridgehead atoms. The number of fused-ring (bicyclic) bond motifs is 1. The summed E-state index contributed by atoms with van der Waals surface area (Å²) < 4.78 is 0.926. The zero-order chi connectivity index (χ0) is 18.0. The number of carbonyl (C=O) groups excluding carboxylic acids is 3. The van der Waals surface area contributed by atoms with Gasteiger partial charge in [-0.3, -0.25) is 14.4 Å². The van der Waals surface area contributed by atoms with E-state index in [2.05, 4.69) is 31.5 Å². The van der Waals surface area contributed by atoms with E-state index in [0.717, 1.165) is 21.8 Å². The van der Waals surface area contributed by atoms with Crippen molar-refractivity contribution in [2.24, 2.45) is 0 Å². The van der Waals surface area contributed by atoms with Crippen LogP contribution >= 0.6 is 15.9 Å². The normalized spacial score (nSPS) is 16.9. The third-order valence-electron chi connectivity index (χ3n) is 4.35. The Morgan fingerprint density at radius 3 is 2.88 bits per heavy atom. The number of rotatable bonds is 4. The van der Waals surface area contributed by atoms with E-state index in [-0.39, 0.29) is 24.3 Å². The summed E-state index contributed by atoms with van der Waals surface area (Å²) in [4.78, 5) is 41.0. The van der Waals surface area contributed by atoms with Gasteiger partial charge in [0.05, 0.1) is 6.54 Å². The number of nitrogens with zero attached hydrogens (tertiary/aromatic N) is 1. The molecule has 2 aromatic rings. The van der Waals surface area contributed by atoms with Crippen LogP contribution in [0.25, 0.3) is 10.9 Å². The van der Waals surface area contributed by atoms with Crippen molar-refractivity contribution in [2.75, 3.05) is 20.1 Å². The maximum absolute atomic E-state index is 12.3. The first kappa shape index (κ1) is 17.5. The summed E-state index contributed by atoms with van der Waals surface area (Å²) in [6.07, 6.45) is 1.44. The fourth-order valence-corrected chi connectivity index (χ4v) is 3.46. The summed E-state index contributed by atoms with van der Waals surface area (Å²) in [5.74, 6) is -0.770. The Hall–Kier alpha value is -2.35. The molecule has 8 heteroatoms. The molecule has 1 aliphatic heterocycles. The molecular weight excluding hydrogens is 388 g/mol. The molecule has 25 heavy (non-hydrogen) atoms. The summed E-state index contributed by atoms with van der Waals surface area (Å²) in [5.41, 5.74) is 1.24. The smallest absolute Gasteiger partial charge is 0.268 e. The van der Waals surface area contributed by atoms with Gasteiger partial charge in [-0.05, 0) is 37.1 Å². The lowest BCUT2D eigenvalue weighted by atomic mass is 10.2. The molecule has 0 spiro atoms. The number of likely N-dealkylation sites (N-methyl/N-ethyl adjacent to an activating group) is 1. The number of likely N-dealkylation sites (tertiary alicyclic amines) is 1. The van der Waals surface area contributed by atoms with Crippen molar-refractivity contribution in [1.29, 1.82) is 0 Å². The predicted octanol–water partition coefficient (Wildman–Crippen LogP) is 1.40. The molecule has 1 aliphatic rings. The molecule has 3 rings (SSSR count). The number of amides is 3. The van der Waals surface area contributed by atoms with Crippen LogP contribution in [0.5, 0.6) is 0 Å². The zero-order valence-electron chi connectivity index (χ0n) is 13.8. The van der Waals surface area contributed by atoms with Gasteiger partial charge in [0.25, 0.3) is 5.91 Å². The summed E-state index contributed by atoms with van der Waals surface area (Å²) >= 11 is 3.39. The highest BCUT2D eigenvalue weighted by atomic mass is 79.9. The minimum Gasteiger partial charge on any atom is -0.357 e. The predicted molar refractivity (Wildman–Crippen MR) is 97.1 cm³/mol. The molecule has 1 fully saturated rings. The second-order valence-electron chi connectivity index (χ2n) is 5.96. The first-order valence-corrected chi connectivity index (χ1v) is 8.86. The highest BCUT2D eigenvalue weighted by Crippen LogP contribution is 2.20. The molecule has 7 nitrogen and oxygen atoms in total. The van der Waals surface area contributed by atoms with E-state index in [0.29, 0.717) is 18.7 Å². The zero-order valence-corrected chi connectivity index (χ0v) is 15.4. The van der Waals surface area contributed by atoms with Crippen LogP contribution in [0.2, 0.25) is 0 Å². The van der Waals surface area contributed by atoms with Gasteiger partial charge in [0.15, 0.2) is 0 Å². The minimum absolute atomic E-state index is 0.134. The van der Waals surface area contributed by atoms with Crippen LogP contribution in [0.1, 0.15) is 23.3 Å². The molecule has 0 saturated carbocycles. The van der Waals surface area contributed by atoms with E-state index < -0.39 is 6.04 Å². The lowest BCUT2D eigenvalue weighted by molar-refractivity contribution is -0.137. The lowest BCUT2D eigenvalue weighted by Crippen LogP contribution is -2.48. The molecule has 3 N–H and O–H groups in total. The van der Waals surface area contributed by atoms with Crippen molar-refractivity contribution >= 4 is 44.6 Å². The average Bonchev–Trinajstić information content (AvgIpc) is 3.24. The van der Waals surface area contributed by atoms with Gasteiger partial charge in [-0.2, -0.15) is 0 Å². The molecular formula is C17H19BrN4O3. The Labute approximate surface area is 153 Å². The number of H-pyrrole nitrogens is 1. The Bertz CT molecular complexity index is 832. The highest BCUT2D eigenvalue weighted by Gasteiger charge is 2.33. The van der Waals surface area contributed by atoms with E-state index in [9.17, 15) is 14.4 Å². The van der Waals surface area contributed by atoms with Gasteiger partial charge < -0.3 is 20.5 Å². The average molecular weight is 407 g/mol. The largest absolute Gasteiger partial charge is 0.357 e. The van der Waals surface area contributed by atoms with Crippen molar-refractivity contribution in [3.63, 3.8) is 0 Å². The van der Waals surface area contributed by atoms with Crippen molar-refractivity contribution in [3.05, 3.63) is 34.4 Å². The third kappa shape index (κ3) is 3.68. The summed E-state index contributed by atoms with van der Waals surface area (Å²) in [6.45, 7) is 0.401. The number of nitrogens with one attached hydrogen (secondary N) is 3. The Morgan fingerprint density at radius 2 is 2.12 bits per heavy atom. The van der Waals surface area contributed by atoms with Crippen LogP contribution in [0, 0.1) is 0 Å². The van der Waals surface area contributed by atoms with Crippen molar-refractivity contribution in [3.8, 4) is 0 Å². The Morgan fingerprint density at radius 1 is 1.32 bits per heavy atom. The number of benzene rings is 1. The second-order valence-corrected chi connectivity index (χ2v) is 6.87. The molecule has 1 aromatic heterocycles. The minimum atomic E-state index is -0.445. The molecule has 0 aliphatic carbocycles. The molecule has 1 atom stereocenters. The summed E-state index contributed by atoms with van der Waals surface area (Å²) in [6, 6.07) is 6.96. The molecule has 3 amide bonds. The van der Waals surface area contributed by atoms with Crippen molar-refractivity contribution in [1.82, 2.24) is 20.5 Å². The maximum atomic E-state index is 12.3. The Kier molecular flexibility index (Phi) is 5.08. The lowest BCUT2D eigenvalue weighted by Gasteiger charge is -2.23. The van der Waals surface area contributed by atoms with Gasteiger partial charge in [0.2, 0.25) is 11.8 Å². The van der Waals surface area contributed by atoms with Crippen molar-refractivity contribution < 1.29 is 14.4 Å². The number of aromatic amines is 1. The van der Waals surface area contributed by atoms with E-state index in [1.165, 1.54) is 4.90 Å². The van der Waals surface area contributed by atoms with Crippen LogP contribution < -0.4 is 10.6 Å². The van der Waals surface area contributed by atoms with Crippen LogP contribution in [-0.2, 0) is 9.59 Å². The van der Waals surface area contributed by atoms with Gasteiger partial charge in [0.1, 0.15) is 11.7 Å². The van der Waals surface area contributed by atoms with Gasteiger partial charge in [0, 0.05) is 29.0 Å². The monoisotopic (exact) mass is 406 g/mol. The molecule has 1 aromatic carbocycles. The first-order valence-electron chi connectivity index (χ1n) is 8.07. The molecule has 0 radical (unpaired) electrons. The van der Waals surface area contributed by atoms with E-state index in [1.54, 1.807) is 13.1 Å². The van der Waals surface area contributed by atoms with Crippen LogP contribution in [-0.4, -0.2) is 53.8 Å². The molecule has 1 saturated heterocycles. The summed E-state index contributed by atoms with van der Waals surface area (Å²) in [5, 5.41) is 6.10. The highest BCUT2D eigenvalue weighted by molar-refractivity contribution is 9.10.